The van der Waals surface area contributed by atoms with Gasteiger partial charge in [-0.2, -0.15) is 0 Å². The van der Waals surface area contributed by atoms with Crippen LogP contribution in [-0.2, 0) is 0 Å². The van der Waals surface area contributed by atoms with Crippen molar-refractivity contribution in [3.05, 3.63) is 53.1 Å². The van der Waals surface area contributed by atoms with Crippen LogP contribution < -0.4 is 4.74 Å². The average molecular weight is 284 g/mol. The standard InChI is InChI=1S/C18H20O3/c1-11(2)21-15-7-5-14(6-8-15)16-10-17(18(19)20)13(4)9-12(16)3/h5-11H,1-4H3,(H,19,20). The van der Waals surface area contributed by atoms with Crippen LogP contribution in [-0.4, -0.2) is 17.2 Å². The Morgan fingerprint density at radius 1 is 1.05 bits per heavy atom. The summed E-state index contributed by atoms with van der Waals surface area (Å²) >= 11 is 0. The van der Waals surface area contributed by atoms with E-state index in [9.17, 15) is 9.90 Å². The second-order valence-corrected chi connectivity index (χ2v) is 5.48. The predicted molar refractivity (Wildman–Crippen MR) is 84.1 cm³/mol. The third kappa shape index (κ3) is 3.43. The monoisotopic (exact) mass is 284 g/mol. The van der Waals surface area contributed by atoms with Gasteiger partial charge in [-0.15, -0.1) is 0 Å². The second-order valence-electron chi connectivity index (χ2n) is 5.48. The van der Waals surface area contributed by atoms with Crippen LogP contribution in [0.3, 0.4) is 0 Å². The van der Waals surface area contributed by atoms with E-state index < -0.39 is 5.97 Å². The maximum absolute atomic E-state index is 11.3. The van der Waals surface area contributed by atoms with E-state index in [0.717, 1.165) is 28.0 Å². The number of aromatic carboxylic acids is 1. The summed E-state index contributed by atoms with van der Waals surface area (Å²) in [4.78, 5) is 11.3. The number of carbonyl (C=O) groups is 1. The lowest BCUT2D eigenvalue weighted by atomic mass is 9.95. The van der Waals surface area contributed by atoms with Gasteiger partial charge in [0.15, 0.2) is 0 Å². The van der Waals surface area contributed by atoms with Gasteiger partial charge >= 0.3 is 5.97 Å². The Morgan fingerprint density at radius 2 is 1.67 bits per heavy atom. The van der Waals surface area contributed by atoms with E-state index in [0.29, 0.717) is 5.56 Å². The lowest BCUT2D eigenvalue weighted by Gasteiger charge is -2.12. The molecule has 0 spiro atoms. The van der Waals surface area contributed by atoms with Crippen LogP contribution in [0.25, 0.3) is 11.1 Å². The molecule has 110 valence electrons. The number of hydrogen-bond donors (Lipinski definition) is 1. The van der Waals surface area contributed by atoms with Crippen molar-refractivity contribution < 1.29 is 14.6 Å². The number of hydrogen-bond acceptors (Lipinski definition) is 2. The summed E-state index contributed by atoms with van der Waals surface area (Å²) in [6, 6.07) is 11.4. The summed E-state index contributed by atoms with van der Waals surface area (Å²) < 4.78 is 5.62. The number of carboxylic acid groups (broad SMARTS) is 1. The van der Waals surface area contributed by atoms with Crippen LogP contribution in [0.15, 0.2) is 36.4 Å². The number of benzene rings is 2. The number of rotatable bonds is 4. The molecule has 0 saturated heterocycles. The fourth-order valence-corrected chi connectivity index (χ4v) is 2.38. The first-order valence-electron chi connectivity index (χ1n) is 7.00. The molecule has 3 heteroatoms. The van der Waals surface area contributed by atoms with Crippen molar-refractivity contribution in [1.82, 2.24) is 0 Å². The van der Waals surface area contributed by atoms with E-state index in [1.54, 1.807) is 6.07 Å². The van der Waals surface area contributed by atoms with Crippen LogP contribution in [0.1, 0.15) is 35.3 Å². The van der Waals surface area contributed by atoms with Crippen LogP contribution in [0, 0.1) is 13.8 Å². The Balaban J connectivity index is 2.42. The highest BCUT2D eigenvalue weighted by Gasteiger charge is 2.12. The molecule has 0 radical (unpaired) electrons. The molecule has 1 N–H and O–H groups in total. The first-order chi connectivity index (χ1) is 9.88. The lowest BCUT2D eigenvalue weighted by Crippen LogP contribution is -2.05. The maximum Gasteiger partial charge on any atom is 0.335 e. The van der Waals surface area contributed by atoms with Crippen LogP contribution in [0.5, 0.6) is 5.75 Å². The van der Waals surface area contributed by atoms with Crippen molar-refractivity contribution >= 4 is 5.97 Å². The summed E-state index contributed by atoms with van der Waals surface area (Å²) in [5, 5.41) is 9.25. The molecule has 0 heterocycles. The molecule has 21 heavy (non-hydrogen) atoms. The van der Waals surface area contributed by atoms with Crippen LogP contribution in [0.4, 0.5) is 0 Å². The average Bonchev–Trinajstić information content (AvgIpc) is 2.39. The summed E-state index contributed by atoms with van der Waals surface area (Å²) in [5.74, 6) is -0.0783. The highest BCUT2D eigenvalue weighted by molar-refractivity contribution is 5.91. The number of ether oxygens (including phenoxy) is 1. The van der Waals surface area contributed by atoms with Crippen molar-refractivity contribution in [2.45, 2.75) is 33.8 Å². The van der Waals surface area contributed by atoms with Gasteiger partial charge in [-0.25, -0.2) is 4.79 Å². The molecular weight excluding hydrogens is 264 g/mol. The Bertz CT molecular complexity index is 655. The topological polar surface area (TPSA) is 46.5 Å². The molecule has 0 aromatic heterocycles. The van der Waals surface area contributed by atoms with E-state index in [-0.39, 0.29) is 6.10 Å². The molecule has 0 atom stereocenters. The van der Waals surface area contributed by atoms with Gasteiger partial charge in [-0.1, -0.05) is 18.2 Å². The zero-order valence-corrected chi connectivity index (χ0v) is 12.8. The molecule has 0 unspecified atom stereocenters. The zero-order valence-electron chi connectivity index (χ0n) is 12.8. The first kappa shape index (κ1) is 15.1. The van der Waals surface area contributed by atoms with Crippen molar-refractivity contribution in [3.63, 3.8) is 0 Å². The van der Waals surface area contributed by atoms with Gasteiger partial charge < -0.3 is 9.84 Å². The highest BCUT2D eigenvalue weighted by Crippen LogP contribution is 2.28. The van der Waals surface area contributed by atoms with Crippen molar-refractivity contribution in [1.29, 1.82) is 0 Å². The van der Waals surface area contributed by atoms with Crippen molar-refractivity contribution in [3.8, 4) is 16.9 Å². The molecule has 0 aliphatic heterocycles. The van der Waals surface area contributed by atoms with Crippen LogP contribution in [0.2, 0.25) is 0 Å². The normalized spacial score (nSPS) is 10.7. The SMILES string of the molecule is Cc1cc(C)c(-c2ccc(OC(C)C)cc2)cc1C(=O)O. The highest BCUT2D eigenvalue weighted by atomic mass is 16.5. The fourth-order valence-electron chi connectivity index (χ4n) is 2.38. The third-order valence-electron chi connectivity index (χ3n) is 3.34. The van der Waals surface area contributed by atoms with Gasteiger partial charge in [0.1, 0.15) is 5.75 Å². The minimum Gasteiger partial charge on any atom is -0.491 e. The molecule has 2 aromatic carbocycles. The van der Waals surface area contributed by atoms with E-state index in [2.05, 4.69) is 0 Å². The Hall–Kier alpha value is -2.29. The molecule has 0 bridgehead atoms. The molecule has 0 amide bonds. The van der Waals surface area contributed by atoms with Crippen LogP contribution >= 0.6 is 0 Å². The van der Waals surface area contributed by atoms with E-state index >= 15 is 0 Å². The van der Waals surface area contributed by atoms with Gasteiger partial charge in [0.05, 0.1) is 11.7 Å². The second kappa shape index (κ2) is 6.00. The van der Waals surface area contributed by atoms with Gasteiger partial charge in [-0.05, 0) is 68.1 Å². The fraction of sp³-hybridized carbons (Fsp3) is 0.278. The summed E-state index contributed by atoms with van der Waals surface area (Å²) in [6.07, 6.45) is 0.135. The smallest absolute Gasteiger partial charge is 0.335 e. The third-order valence-corrected chi connectivity index (χ3v) is 3.34. The minimum atomic E-state index is -0.895. The Kier molecular flexibility index (Phi) is 4.32. The van der Waals surface area contributed by atoms with Crippen molar-refractivity contribution in [2.75, 3.05) is 0 Å². The largest absolute Gasteiger partial charge is 0.491 e. The van der Waals surface area contributed by atoms with Crippen molar-refractivity contribution in [2.24, 2.45) is 0 Å². The number of carboxylic acids is 1. The molecule has 3 nitrogen and oxygen atoms in total. The predicted octanol–water partition coefficient (Wildman–Crippen LogP) is 4.46. The molecule has 0 aliphatic carbocycles. The molecular formula is C18H20O3. The quantitative estimate of drug-likeness (QED) is 0.901. The maximum atomic E-state index is 11.3. The summed E-state index contributed by atoms with van der Waals surface area (Å²) in [6.45, 7) is 7.78. The van der Waals surface area contributed by atoms with Gasteiger partial charge in [0, 0.05) is 0 Å². The van der Waals surface area contributed by atoms with E-state index in [1.807, 2.05) is 58.0 Å². The van der Waals surface area contributed by atoms with Gasteiger partial charge in [0.25, 0.3) is 0 Å². The zero-order chi connectivity index (χ0) is 15.6. The Labute approximate surface area is 125 Å². The molecule has 0 fully saturated rings. The minimum absolute atomic E-state index is 0.135. The summed E-state index contributed by atoms with van der Waals surface area (Å²) in [5.41, 5.74) is 4.12. The lowest BCUT2D eigenvalue weighted by molar-refractivity contribution is 0.0696. The summed E-state index contributed by atoms with van der Waals surface area (Å²) in [7, 11) is 0. The van der Waals surface area contributed by atoms with Gasteiger partial charge in [-0.3, -0.25) is 0 Å². The molecule has 2 aromatic rings. The number of aryl methyl sites for hydroxylation is 2. The Morgan fingerprint density at radius 3 is 2.19 bits per heavy atom. The molecule has 0 aliphatic rings. The van der Waals surface area contributed by atoms with E-state index in [4.69, 9.17) is 4.74 Å². The first-order valence-corrected chi connectivity index (χ1v) is 7.00. The molecule has 2 rings (SSSR count). The molecule has 0 saturated carbocycles. The van der Waals surface area contributed by atoms with E-state index in [1.165, 1.54) is 0 Å². The van der Waals surface area contributed by atoms with Gasteiger partial charge in [0.2, 0.25) is 0 Å².